The number of anilines is 2. The SMILES string of the molecule is Nc1cc(F)c(Br)cc1NC1(CO)CCOCC1. The van der Waals surface area contributed by atoms with Crippen LogP contribution in [0, 0.1) is 5.82 Å². The van der Waals surface area contributed by atoms with E-state index in [9.17, 15) is 9.50 Å². The maximum atomic E-state index is 13.3. The molecule has 0 atom stereocenters. The molecule has 0 amide bonds. The molecule has 100 valence electrons. The van der Waals surface area contributed by atoms with Gasteiger partial charge in [-0.15, -0.1) is 0 Å². The summed E-state index contributed by atoms with van der Waals surface area (Å²) in [5.74, 6) is -0.400. The van der Waals surface area contributed by atoms with Crippen LogP contribution in [-0.4, -0.2) is 30.5 Å². The number of ether oxygens (including phenoxy) is 1. The van der Waals surface area contributed by atoms with E-state index >= 15 is 0 Å². The highest BCUT2D eigenvalue weighted by Gasteiger charge is 2.32. The third kappa shape index (κ3) is 2.76. The van der Waals surface area contributed by atoms with E-state index in [4.69, 9.17) is 10.5 Å². The molecule has 1 aliphatic heterocycles. The fourth-order valence-corrected chi connectivity index (χ4v) is 2.38. The second-order valence-corrected chi connectivity index (χ2v) is 5.38. The van der Waals surface area contributed by atoms with Gasteiger partial charge in [-0.25, -0.2) is 4.39 Å². The van der Waals surface area contributed by atoms with Crippen molar-refractivity contribution in [3.8, 4) is 0 Å². The van der Waals surface area contributed by atoms with Crippen LogP contribution in [0.15, 0.2) is 16.6 Å². The fourth-order valence-electron chi connectivity index (χ4n) is 2.04. The van der Waals surface area contributed by atoms with Crippen LogP contribution in [0.2, 0.25) is 0 Å². The molecule has 0 aliphatic carbocycles. The van der Waals surface area contributed by atoms with Crippen molar-refractivity contribution < 1.29 is 14.2 Å². The van der Waals surface area contributed by atoms with Crippen LogP contribution in [0.5, 0.6) is 0 Å². The van der Waals surface area contributed by atoms with Crippen LogP contribution < -0.4 is 11.1 Å². The number of nitrogen functional groups attached to an aromatic ring is 1. The molecule has 1 aliphatic rings. The minimum Gasteiger partial charge on any atom is -0.397 e. The summed E-state index contributed by atoms with van der Waals surface area (Å²) < 4.78 is 18.9. The van der Waals surface area contributed by atoms with Crippen LogP contribution in [0.3, 0.4) is 0 Å². The summed E-state index contributed by atoms with van der Waals surface area (Å²) in [6.45, 7) is 1.18. The number of benzene rings is 1. The van der Waals surface area contributed by atoms with Gasteiger partial charge in [-0.1, -0.05) is 0 Å². The van der Waals surface area contributed by atoms with Gasteiger partial charge in [0.25, 0.3) is 0 Å². The number of aliphatic hydroxyl groups excluding tert-OH is 1. The molecule has 1 heterocycles. The lowest BCUT2D eigenvalue weighted by molar-refractivity contribution is 0.0380. The predicted molar refractivity (Wildman–Crippen MR) is 72.0 cm³/mol. The predicted octanol–water partition coefficient (Wildman–Crippen LogP) is 2.12. The van der Waals surface area contributed by atoms with Crippen molar-refractivity contribution in [1.29, 1.82) is 0 Å². The van der Waals surface area contributed by atoms with Crippen molar-refractivity contribution in [2.24, 2.45) is 0 Å². The molecule has 0 bridgehead atoms. The van der Waals surface area contributed by atoms with E-state index in [2.05, 4.69) is 21.2 Å². The second kappa shape index (κ2) is 5.42. The first-order valence-corrected chi connectivity index (χ1v) is 6.57. The zero-order valence-electron chi connectivity index (χ0n) is 9.88. The number of rotatable bonds is 3. The summed E-state index contributed by atoms with van der Waals surface area (Å²) in [5, 5.41) is 12.8. The summed E-state index contributed by atoms with van der Waals surface area (Å²) in [5.41, 5.74) is 6.30. The Balaban J connectivity index is 2.24. The summed E-state index contributed by atoms with van der Waals surface area (Å²) in [6.07, 6.45) is 1.38. The van der Waals surface area contributed by atoms with Crippen molar-refractivity contribution in [2.45, 2.75) is 18.4 Å². The molecular weight excluding hydrogens is 303 g/mol. The van der Waals surface area contributed by atoms with Gasteiger partial charge in [-0.2, -0.15) is 0 Å². The van der Waals surface area contributed by atoms with Crippen LogP contribution >= 0.6 is 15.9 Å². The van der Waals surface area contributed by atoms with Crippen LogP contribution in [0.25, 0.3) is 0 Å². The van der Waals surface area contributed by atoms with Crippen molar-refractivity contribution >= 4 is 27.3 Å². The molecule has 1 aromatic carbocycles. The first-order valence-electron chi connectivity index (χ1n) is 5.78. The molecule has 18 heavy (non-hydrogen) atoms. The molecule has 2 rings (SSSR count). The number of aliphatic hydroxyl groups is 1. The van der Waals surface area contributed by atoms with Crippen molar-refractivity contribution in [2.75, 3.05) is 30.9 Å². The first-order chi connectivity index (χ1) is 8.56. The van der Waals surface area contributed by atoms with E-state index in [-0.39, 0.29) is 6.61 Å². The average Bonchev–Trinajstić information content (AvgIpc) is 2.37. The van der Waals surface area contributed by atoms with Crippen molar-refractivity contribution in [1.82, 2.24) is 0 Å². The average molecular weight is 319 g/mol. The molecule has 4 N–H and O–H groups in total. The molecule has 4 nitrogen and oxygen atoms in total. The summed E-state index contributed by atoms with van der Waals surface area (Å²) in [7, 11) is 0. The van der Waals surface area contributed by atoms with E-state index in [1.807, 2.05) is 0 Å². The highest BCUT2D eigenvalue weighted by atomic mass is 79.9. The normalized spacial score (nSPS) is 18.6. The van der Waals surface area contributed by atoms with Gasteiger partial charge in [0, 0.05) is 19.3 Å². The van der Waals surface area contributed by atoms with E-state index in [1.165, 1.54) is 6.07 Å². The lowest BCUT2D eigenvalue weighted by Gasteiger charge is -2.37. The molecule has 0 aromatic heterocycles. The Morgan fingerprint density at radius 3 is 2.72 bits per heavy atom. The maximum Gasteiger partial charge on any atom is 0.139 e. The minimum atomic E-state index is -0.441. The second-order valence-electron chi connectivity index (χ2n) is 4.53. The maximum absolute atomic E-state index is 13.3. The van der Waals surface area contributed by atoms with Gasteiger partial charge in [-0.05, 0) is 34.8 Å². The Morgan fingerprint density at radius 2 is 2.11 bits per heavy atom. The zero-order valence-corrected chi connectivity index (χ0v) is 11.5. The number of nitrogens with two attached hydrogens (primary N) is 1. The highest BCUT2D eigenvalue weighted by Crippen LogP contribution is 2.32. The third-order valence-corrected chi connectivity index (χ3v) is 3.85. The molecule has 1 fully saturated rings. The standard InChI is InChI=1S/C12H16BrFN2O2/c13-8-5-11(10(15)6-9(8)14)16-12(7-17)1-3-18-4-2-12/h5-6,16-17H,1-4,7,15H2. The Bertz CT molecular complexity index is 436. The highest BCUT2D eigenvalue weighted by molar-refractivity contribution is 9.10. The number of hydrogen-bond donors (Lipinski definition) is 3. The van der Waals surface area contributed by atoms with E-state index in [1.54, 1.807) is 6.07 Å². The Hall–Kier alpha value is -0.850. The molecule has 1 saturated heterocycles. The van der Waals surface area contributed by atoms with Gasteiger partial charge < -0.3 is 20.9 Å². The largest absolute Gasteiger partial charge is 0.397 e. The molecule has 0 saturated carbocycles. The summed E-state index contributed by atoms with van der Waals surface area (Å²) in [4.78, 5) is 0. The fraction of sp³-hybridized carbons (Fsp3) is 0.500. The van der Waals surface area contributed by atoms with Crippen LogP contribution in [0.1, 0.15) is 12.8 Å². The minimum absolute atomic E-state index is 0.00913. The number of halogens is 2. The van der Waals surface area contributed by atoms with Crippen molar-refractivity contribution in [3.63, 3.8) is 0 Å². The lowest BCUT2D eigenvalue weighted by atomic mass is 9.90. The first kappa shape index (κ1) is 13.6. The van der Waals surface area contributed by atoms with Gasteiger partial charge in [0.2, 0.25) is 0 Å². The molecular formula is C12H16BrFN2O2. The van der Waals surface area contributed by atoms with E-state index in [0.717, 1.165) is 0 Å². The topological polar surface area (TPSA) is 67.5 Å². The van der Waals surface area contributed by atoms with E-state index in [0.29, 0.717) is 41.9 Å². The summed E-state index contributed by atoms with van der Waals surface area (Å²) in [6, 6.07) is 2.86. The lowest BCUT2D eigenvalue weighted by Crippen LogP contribution is -2.47. The molecule has 1 aromatic rings. The Labute approximate surface area is 113 Å². The molecule has 6 heteroatoms. The quantitative estimate of drug-likeness (QED) is 0.747. The van der Waals surface area contributed by atoms with Crippen LogP contribution in [0.4, 0.5) is 15.8 Å². The van der Waals surface area contributed by atoms with Gasteiger partial charge in [0.15, 0.2) is 0 Å². The Kier molecular flexibility index (Phi) is 4.09. The molecule has 0 radical (unpaired) electrons. The van der Waals surface area contributed by atoms with E-state index < -0.39 is 11.4 Å². The smallest absolute Gasteiger partial charge is 0.139 e. The zero-order chi connectivity index (χ0) is 13.2. The molecule has 0 spiro atoms. The summed E-state index contributed by atoms with van der Waals surface area (Å²) >= 11 is 3.13. The van der Waals surface area contributed by atoms with Gasteiger partial charge in [0.05, 0.1) is 28.0 Å². The van der Waals surface area contributed by atoms with Gasteiger partial charge in [0.1, 0.15) is 5.82 Å². The van der Waals surface area contributed by atoms with Crippen LogP contribution in [-0.2, 0) is 4.74 Å². The van der Waals surface area contributed by atoms with Gasteiger partial charge in [-0.3, -0.25) is 0 Å². The van der Waals surface area contributed by atoms with Gasteiger partial charge >= 0.3 is 0 Å². The van der Waals surface area contributed by atoms with Crippen molar-refractivity contribution in [3.05, 3.63) is 22.4 Å². The third-order valence-electron chi connectivity index (χ3n) is 3.24. The number of hydrogen-bond acceptors (Lipinski definition) is 4. The monoisotopic (exact) mass is 318 g/mol. The number of nitrogens with one attached hydrogen (secondary N) is 1. The molecule has 0 unspecified atom stereocenters. The Morgan fingerprint density at radius 1 is 1.44 bits per heavy atom.